The molecule has 0 aliphatic carbocycles. The highest BCUT2D eigenvalue weighted by Crippen LogP contribution is 2.01. The van der Waals surface area contributed by atoms with Crippen molar-refractivity contribution in [2.45, 2.75) is 13.0 Å². The Hall–Kier alpha value is -0.870. The third kappa shape index (κ3) is 9.43. The van der Waals surface area contributed by atoms with E-state index in [1.54, 1.807) is 6.08 Å². The first-order valence-electron chi connectivity index (χ1n) is 5.01. The summed E-state index contributed by atoms with van der Waals surface area (Å²) < 4.78 is 11.2. The van der Waals surface area contributed by atoms with Crippen molar-refractivity contribution in [1.82, 2.24) is 0 Å². The molecule has 0 saturated heterocycles. The molecule has 0 bridgehead atoms. The highest BCUT2D eigenvalue weighted by atomic mass is 16.6. The molecule has 0 fully saturated rings. The number of quaternary nitrogens is 1. The molecule has 0 N–H and O–H groups in total. The zero-order chi connectivity index (χ0) is 11.9. The van der Waals surface area contributed by atoms with E-state index in [0.29, 0.717) is 13.2 Å². The maximum absolute atomic E-state index is 10.9. The molecule has 0 amide bonds. The summed E-state index contributed by atoms with van der Waals surface area (Å²) in [5.74, 6) is -0.268. The van der Waals surface area contributed by atoms with Gasteiger partial charge in [-0.1, -0.05) is 6.08 Å². The smallest absolute Gasteiger partial charge is 0.303 e. The van der Waals surface area contributed by atoms with Gasteiger partial charge in [-0.15, -0.1) is 6.58 Å². The predicted molar refractivity (Wildman–Crippen MR) is 59.5 cm³/mol. The lowest BCUT2D eigenvalue weighted by Gasteiger charge is -2.28. The number of carbonyl (C=O) groups is 1. The van der Waals surface area contributed by atoms with Gasteiger partial charge in [0.25, 0.3) is 0 Å². The normalized spacial score (nSPS) is 13.3. The summed E-state index contributed by atoms with van der Waals surface area (Å²) in [4.78, 5) is 10.9. The number of hydrogen-bond acceptors (Lipinski definition) is 3. The Kier molecular flexibility index (Phi) is 6.20. The Labute approximate surface area is 92.1 Å². The number of esters is 1. The predicted octanol–water partition coefficient (Wildman–Crippen LogP) is 0.827. The average Bonchev–Trinajstić information content (AvgIpc) is 2.00. The average molecular weight is 216 g/mol. The van der Waals surface area contributed by atoms with Gasteiger partial charge in [0.05, 0.1) is 34.4 Å². The molecule has 4 nitrogen and oxygen atoms in total. The fourth-order valence-electron chi connectivity index (χ4n) is 1.25. The molecule has 0 aromatic carbocycles. The quantitative estimate of drug-likeness (QED) is 0.274. The third-order valence-electron chi connectivity index (χ3n) is 1.62. The van der Waals surface area contributed by atoms with E-state index in [-0.39, 0.29) is 12.1 Å². The minimum absolute atomic E-state index is 0.192. The third-order valence-corrected chi connectivity index (χ3v) is 1.62. The molecule has 15 heavy (non-hydrogen) atoms. The van der Waals surface area contributed by atoms with Gasteiger partial charge in [-0.05, 0) is 0 Å². The van der Waals surface area contributed by atoms with E-state index in [9.17, 15) is 4.79 Å². The summed E-state index contributed by atoms with van der Waals surface area (Å²) in [6, 6.07) is 0. The molecule has 0 aliphatic heterocycles. The van der Waals surface area contributed by atoms with E-state index in [1.807, 2.05) is 21.1 Å². The summed E-state index contributed by atoms with van der Waals surface area (Å²) in [5.41, 5.74) is 0. The molecule has 0 aliphatic rings. The van der Waals surface area contributed by atoms with Crippen LogP contribution >= 0.6 is 0 Å². The summed E-state index contributed by atoms with van der Waals surface area (Å²) in [5, 5.41) is 0. The lowest BCUT2D eigenvalue weighted by Crippen LogP contribution is -2.44. The van der Waals surface area contributed by atoms with Gasteiger partial charge in [0.1, 0.15) is 6.54 Å². The molecule has 1 atom stereocenters. The minimum atomic E-state index is -0.268. The van der Waals surface area contributed by atoms with Crippen LogP contribution in [0.5, 0.6) is 0 Å². The van der Waals surface area contributed by atoms with Crippen molar-refractivity contribution >= 4 is 5.97 Å². The van der Waals surface area contributed by atoms with Crippen LogP contribution in [0.2, 0.25) is 0 Å². The van der Waals surface area contributed by atoms with Gasteiger partial charge in [0.15, 0.2) is 6.10 Å². The number of carbonyl (C=O) groups excluding carboxylic acids is 1. The van der Waals surface area contributed by atoms with E-state index in [0.717, 1.165) is 11.0 Å². The molecule has 0 spiro atoms. The van der Waals surface area contributed by atoms with Gasteiger partial charge in [-0.2, -0.15) is 0 Å². The first-order chi connectivity index (χ1) is 6.85. The van der Waals surface area contributed by atoms with Crippen molar-refractivity contribution in [3.63, 3.8) is 0 Å². The molecule has 0 saturated carbocycles. The van der Waals surface area contributed by atoms with Gasteiger partial charge < -0.3 is 14.0 Å². The second kappa shape index (κ2) is 6.58. The second-order valence-corrected chi connectivity index (χ2v) is 4.53. The van der Waals surface area contributed by atoms with Crippen molar-refractivity contribution in [2.24, 2.45) is 0 Å². The van der Waals surface area contributed by atoms with Gasteiger partial charge >= 0.3 is 5.97 Å². The fourth-order valence-corrected chi connectivity index (χ4v) is 1.25. The fraction of sp³-hybridized carbons (Fsp3) is 0.727. The Morgan fingerprint density at radius 1 is 1.47 bits per heavy atom. The van der Waals surface area contributed by atoms with Crippen molar-refractivity contribution < 1.29 is 18.8 Å². The topological polar surface area (TPSA) is 35.5 Å². The number of ether oxygens (including phenoxy) is 2. The van der Waals surface area contributed by atoms with Crippen LogP contribution in [0.1, 0.15) is 6.92 Å². The summed E-state index contributed by atoms with van der Waals surface area (Å²) >= 11 is 0. The van der Waals surface area contributed by atoms with Crippen molar-refractivity contribution in [3.05, 3.63) is 12.7 Å². The first-order valence-corrected chi connectivity index (χ1v) is 5.01. The Balaban J connectivity index is 4.06. The number of hydrogen-bond donors (Lipinski definition) is 0. The SMILES string of the molecule is C=CCOCC(C[N+](C)(C)C)OC(C)=O. The molecule has 0 radical (unpaired) electrons. The molecule has 1 unspecified atom stereocenters. The zero-order valence-corrected chi connectivity index (χ0v) is 10.2. The molecular formula is C11H22NO3+. The van der Waals surface area contributed by atoms with Crippen LogP contribution < -0.4 is 0 Å². The van der Waals surface area contributed by atoms with E-state index in [4.69, 9.17) is 9.47 Å². The second-order valence-electron chi connectivity index (χ2n) is 4.53. The molecule has 4 heteroatoms. The molecule has 0 aromatic heterocycles. The first kappa shape index (κ1) is 14.1. The van der Waals surface area contributed by atoms with Gasteiger partial charge in [0, 0.05) is 6.92 Å². The summed E-state index contributed by atoms with van der Waals surface area (Å²) in [6.45, 7) is 6.60. The number of nitrogens with zero attached hydrogens (tertiary/aromatic N) is 1. The number of rotatable bonds is 7. The van der Waals surface area contributed by atoms with Crippen molar-refractivity contribution in [2.75, 3.05) is 40.9 Å². The van der Waals surface area contributed by atoms with E-state index in [1.165, 1.54) is 6.92 Å². The highest BCUT2D eigenvalue weighted by molar-refractivity contribution is 5.66. The van der Waals surface area contributed by atoms with Gasteiger partial charge in [0.2, 0.25) is 0 Å². The monoisotopic (exact) mass is 216 g/mol. The van der Waals surface area contributed by atoms with Crippen LogP contribution in [0.3, 0.4) is 0 Å². The molecule has 0 heterocycles. The van der Waals surface area contributed by atoms with Gasteiger partial charge in [-0.25, -0.2) is 0 Å². The lowest BCUT2D eigenvalue weighted by atomic mass is 10.3. The molecule has 0 aromatic rings. The van der Waals surface area contributed by atoms with Crippen LogP contribution in [0.25, 0.3) is 0 Å². The Morgan fingerprint density at radius 2 is 2.07 bits per heavy atom. The molecule has 0 rings (SSSR count). The van der Waals surface area contributed by atoms with Crippen LogP contribution in [-0.2, 0) is 14.3 Å². The lowest BCUT2D eigenvalue weighted by molar-refractivity contribution is -0.873. The standard InChI is InChI=1S/C11H22NO3/c1-6-7-14-9-11(15-10(2)13)8-12(3,4)5/h6,11H,1,7-9H2,2-5H3/q+1. The maximum atomic E-state index is 10.9. The highest BCUT2D eigenvalue weighted by Gasteiger charge is 2.20. The van der Waals surface area contributed by atoms with Crippen LogP contribution in [0.15, 0.2) is 12.7 Å². The van der Waals surface area contributed by atoms with Gasteiger partial charge in [-0.3, -0.25) is 4.79 Å². The van der Waals surface area contributed by atoms with E-state index in [2.05, 4.69) is 6.58 Å². The minimum Gasteiger partial charge on any atom is -0.454 e. The van der Waals surface area contributed by atoms with Crippen LogP contribution in [-0.4, -0.2) is 57.5 Å². The van der Waals surface area contributed by atoms with Crippen molar-refractivity contribution in [3.8, 4) is 0 Å². The zero-order valence-electron chi connectivity index (χ0n) is 10.2. The van der Waals surface area contributed by atoms with Crippen molar-refractivity contribution in [1.29, 1.82) is 0 Å². The van der Waals surface area contributed by atoms with E-state index >= 15 is 0 Å². The van der Waals surface area contributed by atoms with Crippen LogP contribution in [0, 0.1) is 0 Å². The maximum Gasteiger partial charge on any atom is 0.303 e. The summed E-state index contributed by atoms with van der Waals surface area (Å²) in [7, 11) is 6.14. The number of likely N-dealkylation sites (N-methyl/N-ethyl adjacent to an activating group) is 1. The Morgan fingerprint density at radius 3 is 2.47 bits per heavy atom. The summed E-state index contributed by atoms with van der Waals surface area (Å²) in [6.07, 6.45) is 1.49. The Bertz CT molecular complexity index is 208. The molecular weight excluding hydrogens is 194 g/mol. The largest absolute Gasteiger partial charge is 0.454 e. The van der Waals surface area contributed by atoms with E-state index < -0.39 is 0 Å². The molecule has 88 valence electrons. The van der Waals surface area contributed by atoms with Crippen LogP contribution in [0.4, 0.5) is 0 Å².